The molecule has 0 amide bonds. The first-order valence-corrected chi connectivity index (χ1v) is 10.7. The lowest BCUT2D eigenvalue weighted by Gasteiger charge is -2.09. The Morgan fingerprint density at radius 2 is 2.03 bits per heavy atom. The fourth-order valence-electron chi connectivity index (χ4n) is 3.99. The first-order valence-electron chi connectivity index (χ1n) is 10.7. The van der Waals surface area contributed by atoms with Gasteiger partial charge in [0.2, 0.25) is 5.88 Å². The van der Waals surface area contributed by atoms with Crippen LogP contribution in [0.2, 0.25) is 0 Å². The molecule has 3 heterocycles. The first-order chi connectivity index (χ1) is 15.1. The zero-order valence-corrected chi connectivity index (χ0v) is 17.8. The highest BCUT2D eigenvalue weighted by atomic mass is 16.5. The smallest absolute Gasteiger partial charge is 0.218 e. The SMILES string of the molecule is Cc1nc(NCc2cnn(C)c2)cc(OCCC2CC2c2ccc3ccccc3n2)n1. The normalized spacial score (nSPS) is 17.6. The quantitative estimate of drug-likeness (QED) is 0.464. The molecule has 0 saturated heterocycles. The number of hydrogen-bond donors (Lipinski definition) is 1. The van der Waals surface area contributed by atoms with E-state index in [4.69, 9.17) is 9.72 Å². The van der Waals surface area contributed by atoms with Gasteiger partial charge in [0.1, 0.15) is 11.6 Å². The highest BCUT2D eigenvalue weighted by molar-refractivity contribution is 5.78. The number of fused-ring (bicyclic) bond motifs is 1. The molecule has 1 saturated carbocycles. The number of aromatic nitrogens is 5. The van der Waals surface area contributed by atoms with Crippen molar-refractivity contribution in [2.75, 3.05) is 11.9 Å². The van der Waals surface area contributed by atoms with Gasteiger partial charge in [-0.2, -0.15) is 10.1 Å². The molecule has 3 aromatic heterocycles. The summed E-state index contributed by atoms with van der Waals surface area (Å²) >= 11 is 0. The van der Waals surface area contributed by atoms with Crippen molar-refractivity contribution in [2.45, 2.75) is 32.2 Å². The first kappa shape index (κ1) is 19.5. The van der Waals surface area contributed by atoms with Crippen LogP contribution in [0.15, 0.2) is 54.9 Å². The molecule has 1 N–H and O–H groups in total. The molecule has 0 aliphatic heterocycles. The lowest BCUT2D eigenvalue weighted by molar-refractivity contribution is 0.289. The van der Waals surface area contributed by atoms with Gasteiger partial charge in [0.15, 0.2) is 0 Å². The third-order valence-corrected chi connectivity index (χ3v) is 5.71. The Morgan fingerprint density at radius 1 is 1.13 bits per heavy atom. The van der Waals surface area contributed by atoms with Gasteiger partial charge >= 0.3 is 0 Å². The van der Waals surface area contributed by atoms with E-state index in [0.29, 0.717) is 36.7 Å². The maximum absolute atomic E-state index is 5.96. The molecule has 2 atom stereocenters. The summed E-state index contributed by atoms with van der Waals surface area (Å²) in [6.07, 6.45) is 6.00. The number of pyridine rings is 1. The Bertz CT molecular complexity index is 1200. The van der Waals surface area contributed by atoms with E-state index in [9.17, 15) is 0 Å². The summed E-state index contributed by atoms with van der Waals surface area (Å²) in [6.45, 7) is 3.18. The lowest BCUT2D eigenvalue weighted by atomic mass is 10.1. The van der Waals surface area contributed by atoms with E-state index in [1.165, 1.54) is 17.5 Å². The van der Waals surface area contributed by atoms with Gasteiger partial charge in [0.25, 0.3) is 0 Å². The summed E-state index contributed by atoms with van der Waals surface area (Å²) < 4.78 is 7.75. The number of anilines is 1. The fraction of sp³-hybridized carbons (Fsp3) is 0.333. The van der Waals surface area contributed by atoms with Gasteiger partial charge in [-0.1, -0.05) is 24.3 Å². The standard InChI is InChI=1S/C24H26N6O/c1-16-27-23(25-13-17-14-26-30(2)15-17)12-24(28-16)31-10-9-19-11-20(19)22-8-7-18-5-3-4-6-21(18)29-22/h3-8,12,14-15,19-20H,9-11,13H2,1-2H3,(H,25,27,28). The van der Waals surface area contributed by atoms with Gasteiger partial charge in [-0.05, 0) is 37.8 Å². The summed E-state index contributed by atoms with van der Waals surface area (Å²) in [4.78, 5) is 13.7. The summed E-state index contributed by atoms with van der Waals surface area (Å²) in [5.41, 5.74) is 3.37. The van der Waals surface area contributed by atoms with Crippen LogP contribution < -0.4 is 10.1 Å². The fourth-order valence-corrected chi connectivity index (χ4v) is 3.99. The molecule has 0 radical (unpaired) electrons. The number of hydrogen-bond acceptors (Lipinski definition) is 6. The van der Waals surface area contributed by atoms with Gasteiger partial charge in [-0.3, -0.25) is 9.67 Å². The molecular weight excluding hydrogens is 388 g/mol. The zero-order chi connectivity index (χ0) is 21.2. The van der Waals surface area contributed by atoms with Gasteiger partial charge < -0.3 is 10.1 Å². The summed E-state index contributed by atoms with van der Waals surface area (Å²) in [6, 6.07) is 14.5. The Kier molecular flexibility index (Phi) is 5.24. The molecule has 1 aliphatic rings. The molecule has 1 aromatic carbocycles. The average Bonchev–Trinajstić information content (AvgIpc) is 3.42. The minimum Gasteiger partial charge on any atom is -0.478 e. The van der Waals surface area contributed by atoms with Crippen LogP contribution in [-0.2, 0) is 13.6 Å². The van der Waals surface area contributed by atoms with Crippen molar-refractivity contribution in [3.8, 4) is 5.88 Å². The van der Waals surface area contributed by atoms with Crippen LogP contribution in [0.3, 0.4) is 0 Å². The highest BCUT2D eigenvalue weighted by Gasteiger charge is 2.39. The molecule has 7 nitrogen and oxygen atoms in total. The Hall–Kier alpha value is -3.48. The third-order valence-electron chi connectivity index (χ3n) is 5.71. The minimum absolute atomic E-state index is 0.539. The topological polar surface area (TPSA) is 77.8 Å². The van der Waals surface area contributed by atoms with Gasteiger partial charge in [0, 0.05) is 48.4 Å². The Morgan fingerprint density at radius 3 is 2.90 bits per heavy atom. The summed E-state index contributed by atoms with van der Waals surface area (Å²) in [7, 11) is 1.91. The summed E-state index contributed by atoms with van der Waals surface area (Å²) in [5, 5.41) is 8.70. The molecule has 158 valence electrons. The number of rotatable bonds is 8. The van der Waals surface area contributed by atoms with E-state index in [2.05, 4.69) is 50.7 Å². The number of benzene rings is 1. The van der Waals surface area contributed by atoms with E-state index in [-0.39, 0.29) is 0 Å². The number of para-hydroxylation sites is 1. The molecule has 31 heavy (non-hydrogen) atoms. The summed E-state index contributed by atoms with van der Waals surface area (Å²) in [5.74, 6) is 3.23. The molecule has 2 unspecified atom stereocenters. The van der Waals surface area contributed by atoms with Crippen LogP contribution in [0.25, 0.3) is 10.9 Å². The molecule has 1 fully saturated rings. The average molecular weight is 415 g/mol. The van der Waals surface area contributed by atoms with Crippen molar-refractivity contribution >= 4 is 16.7 Å². The van der Waals surface area contributed by atoms with Gasteiger partial charge in [-0.15, -0.1) is 0 Å². The van der Waals surface area contributed by atoms with Gasteiger partial charge in [0.05, 0.1) is 18.3 Å². The number of aryl methyl sites for hydroxylation is 2. The largest absolute Gasteiger partial charge is 0.478 e. The van der Waals surface area contributed by atoms with Crippen molar-refractivity contribution in [3.63, 3.8) is 0 Å². The van der Waals surface area contributed by atoms with Crippen molar-refractivity contribution in [3.05, 3.63) is 71.9 Å². The number of ether oxygens (including phenoxy) is 1. The predicted octanol–water partition coefficient (Wildman–Crippen LogP) is 4.25. The lowest BCUT2D eigenvalue weighted by Crippen LogP contribution is -2.06. The van der Waals surface area contributed by atoms with Crippen molar-refractivity contribution in [1.29, 1.82) is 0 Å². The molecule has 4 aromatic rings. The van der Waals surface area contributed by atoms with Crippen LogP contribution in [0.1, 0.15) is 35.8 Å². The third kappa shape index (κ3) is 4.66. The Labute approximate surface area is 181 Å². The number of nitrogens with one attached hydrogen (secondary N) is 1. The van der Waals surface area contributed by atoms with E-state index in [0.717, 1.165) is 23.3 Å². The monoisotopic (exact) mass is 414 g/mol. The molecule has 0 spiro atoms. The maximum atomic E-state index is 5.96. The molecular formula is C24H26N6O. The molecule has 0 bridgehead atoms. The van der Waals surface area contributed by atoms with E-state index in [1.807, 2.05) is 38.5 Å². The zero-order valence-electron chi connectivity index (χ0n) is 17.8. The van der Waals surface area contributed by atoms with E-state index < -0.39 is 0 Å². The molecule has 5 rings (SSSR count). The second-order valence-electron chi connectivity index (χ2n) is 8.18. The van der Waals surface area contributed by atoms with Crippen LogP contribution in [0.4, 0.5) is 5.82 Å². The highest BCUT2D eigenvalue weighted by Crippen LogP contribution is 2.49. The van der Waals surface area contributed by atoms with Crippen LogP contribution in [0, 0.1) is 12.8 Å². The second kappa shape index (κ2) is 8.34. The second-order valence-corrected chi connectivity index (χ2v) is 8.18. The minimum atomic E-state index is 0.539. The van der Waals surface area contributed by atoms with E-state index >= 15 is 0 Å². The number of nitrogens with zero attached hydrogens (tertiary/aromatic N) is 5. The van der Waals surface area contributed by atoms with Crippen LogP contribution in [-0.4, -0.2) is 31.3 Å². The van der Waals surface area contributed by atoms with Crippen LogP contribution >= 0.6 is 0 Å². The van der Waals surface area contributed by atoms with Crippen molar-refractivity contribution in [2.24, 2.45) is 13.0 Å². The Balaban J connectivity index is 1.14. The maximum Gasteiger partial charge on any atom is 0.218 e. The van der Waals surface area contributed by atoms with Gasteiger partial charge in [-0.25, -0.2) is 4.98 Å². The molecule has 7 heteroatoms. The molecule has 1 aliphatic carbocycles. The predicted molar refractivity (Wildman–Crippen MR) is 120 cm³/mol. The van der Waals surface area contributed by atoms with Crippen LogP contribution in [0.5, 0.6) is 5.88 Å². The van der Waals surface area contributed by atoms with Crippen molar-refractivity contribution in [1.82, 2.24) is 24.7 Å². The van der Waals surface area contributed by atoms with Crippen molar-refractivity contribution < 1.29 is 4.74 Å². The van der Waals surface area contributed by atoms with E-state index in [1.54, 1.807) is 4.68 Å².